The molecule has 0 bridgehead atoms. The fraction of sp³-hybridized carbons (Fsp3) is 0.214. The van der Waals surface area contributed by atoms with Crippen LogP contribution in [0.1, 0.15) is 24.3 Å². The minimum Gasteiger partial charge on any atom is -0.484 e. The van der Waals surface area contributed by atoms with Crippen LogP contribution in [0.2, 0.25) is 0 Å². The molecule has 1 atom stereocenters. The zero-order chi connectivity index (χ0) is 13.0. The predicted molar refractivity (Wildman–Crippen MR) is 67.6 cm³/mol. The number of hydrogen-bond acceptors (Lipinski definition) is 3. The number of halogens is 1. The predicted octanol–water partition coefficient (Wildman–Crippen LogP) is 2.82. The average Bonchev–Trinajstić information content (AvgIpc) is 2.40. The molecule has 94 valence electrons. The molecule has 1 heterocycles. The van der Waals surface area contributed by atoms with Crippen LogP contribution in [0.3, 0.4) is 0 Å². The summed E-state index contributed by atoms with van der Waals surface area (Å²) in [6.07, 6.45) is 1.45. The number of pyridine rings is 1. The first-order chi connectivity index (χ1) is 8.72. The van der Waals surface area contributed by atoms with Crippen molar-refractivity contribution >= 4 is 0 Å². The van der Waals surface area contributed by atoms with E-state index in [1.807, 2.05) is 25.1 Å². The number of benzene rings is 1. The number of ether oxygens (including phenoxy) is 1. The average molecular weight is 246 g/mol. The molecule has 0 aliphatic carbocycles. The Balaban J connectivity index is 2.22. The molecule has 2 aromatic rings. The molecule has 1 aromatic carbocycles. The van der Waals surface area contributed by atoms with Gasteiger partial charge < -0.3 is 10.5 Å². The highest BCUT2D eigenvalue weighted by molar-refractivity contribution is 5.35. The molecular formula is C14H15FN2O. The molecule has 0 spiro atoms. The summed E-state index contributed by atoms with van der Waals surface area (Å²) in [5.74, 6) is 0.124. The van der Waals surface area contributed by atoms with Crippen LogP contribution >= 0.6 is 0 Å². The number of nitrogens with two attached hydrogens (primary N) is 1. The summed E-state index contributed by atoms with van der Waals surface area (Å²) in [5, 5.41) is 0. The van der Waals surface area contributed by atoms with Gasteiger partial charge in [-0.25, -0.2) is 4.39 Å². The molecule has 4 heteroatoms. The van der Waals surface area contributed by atoms with Crippen molar-refractivity contribution in [1.29, 1.82) is 0 Å². The molecule has 0 saturated heterocycles. The van der Waals surface area contributed by atoms with Gasteiger partial charge in [0.25, 0.3) is 0 Å². The van der Waals surface area contributed by atoms with E-state index in [0.29, 0.717) is 11.3 Å². The molecule has 0 aliphatic heterocycles. The van der Waals surface area contributed by atoms with Crippen molar-refractivity contribution < 1.29 is 9.13 Å². The maximum atomic E-state index is 13.5. The number of rotatable bonds is 4. The van der Waals surface area contributed by atoms with Gasteiger partial charge in [0.2, 0.25) is 0 Å². The number of aromatic nitrogens is 1. The lowest BCUT2D eigenvalue weighted by atomic mass is 10.2. The van der Waals surface area contributed by atoms with Gasteiger partial charge in [-0.1, -0.05) is 12.1 Å². The first-order valence-electron chi connectivity index (χ1n) is 5.77. The fourth-order valence-electron chi connectivity index (χ4n) is 1.71. The molecule has 2 N–H and O–H groups in total. The van der Waals surface area contributed by atoms with Crippen LogP contribution in [-0.4, -0.2) is 4.98 Å². The Morgan fingerprint density at radius 3 is 2.78 bits per heavy atom. The highest BCUT2D eigenvalue weighted by atomic mass is 19.1. The third kappa shape index (κ3) is 2.65. The van der Waals surface area contributed by atoms with Crippen LogP contribution in [-0.2, 0) is 6.54 Å². The topological polar surface area (TPSA) is 48.1 Å². The van der Waals surface area contributed by atoms with Gasteiger partial charge in [-0.2, -0.15) is 0 Å². The van der Waals surface area contributed by atoms with Crippen molar-refractivity contribution in [2.24, 2.45) is 5.73 Å². The first kappa shape index (κ1) is 12.5. The van der Waals surface area contributed by atoms with E-state index in [2.05, 4.69) is 4.98 Å². The quantitative estimate of drug-likeness (QED) is 0.902. The van der Waals surface area contributed by atoms with Crippen molar-refractivity contribution in [3.05, 3.63) is 59.7 Å². The number of nitrogens with zero attached hydrogens (tertiary/aromatic N) is 1. The molecule has 0 saturated carbocycles. The second-order valence-electron chi connectivity index (χ2n) is 3.94. The van der Waals surface area contributed by atoms with E-state index in [1.165, 1.54) is 6.07 Å². The second-order valence-corrected chi connectivity index (χ2v) is 3.94. The van der Waals surface area contributed by atoms with Gasteiger partial charge in [0, 0.05) is 18.3 Å². The third-order valence-corrected chi connectivity index (χ3v) is 2.69. The smallest absolute Gasteiger partial charge is 0.138 e. The van der Waals surface area contributed by atoms with Crippen molar-refractivity contribution in [3.8, 4) is 5.75 Å². The van der Waals surface area contributed by atoms with E-state index < -0.39 is 0 Å². The van der Waals surface area contributed by atoms with Gasteiger partial charge in [-0.3, -0.25) is 4.98 Å². The largest absolute Gasteiger partial charge is 0.484 e. The zero-order valence-electron chi connectivity index (χ0n) is 10.1. The van der Waals surface area contributed by atoms with Gasteiger partial charge in [-0.15, -0.1) is 0 Å². The summed E-state index contributed by atoms with van der Waals surface area (Å²) in [5.41, 5.74) is 6.72. The Labute approximate surface area is 105 Å². The standard InChI is InChI=1S/C14H15FN2O/c1-10(13-6-2-3-8-17-13)18-14-7-4-5-12(15)11(14)9-16/h2-8,10H,9,16H2,1H3. The summed E-state index contributed by atoms with van der Waals surface area (Å²) >= 11 is 0. The van der Waals surface area contributed by atoms with Crippen molar-refractivity contribution in [3.63, 3.8) is 0 Å². The van der Waals surface area contributed by atoms with Crippen LogP contribution in [0, 0.1) is 5.82 Å². The van der Waals surface area contributed by atoms with Crippen molar-refractivity contribution in [2.75, 3.05) is 0 Å². The van der Waals surface area contributed by atoms with E-state index in [4.69, 9.17) is 10.5 Å². The minimum absolute atomic E-state index is 0.108. The van der Waals surface area contributed by atoms with Crippen LogP contribution in [0.4, 0.5) is 4.39 Å². The van der Waals surface area contributed by atoms with Crippen molar-refractivity contribution in [1.82, 2.24) is 4.98 Å². The molecular weight excluding hydrogens is 231 g/mol. The number of hydrogen-bond donors (Lipinski definition) is 1. The van der Waals surface area contributed by atoms with E-state index in [9.17, 15) is 4.39 Å². The van der Waals surface area contributed by atoms with E-state index in [0.717, 1.165) is 5.69 Å². The van der Waals surface area contributed by atoms with Gasteiger partial charge in [0.15, 0.2) is 0 Å². The summed E-state index contributed by atoms with van der Waals surface area (Å²) in [6.45, 7) is 1.98. The Kier molecular flexibility index (Phi) is 3.89. The third-order valence-electron chi connectivity index (χ3n) is 2.69. The zero-order valence-corrected chi connectivity index (χ0v) is 10.1. The summed E-state index contributed by atoms with van der Waals surface area (Å²) in [4.78, 5) is 4.20. The second kappa shape index (κ2) is 5.60. The monoisotopic (exact) mass is 246 g/mol. The van der Waals surface area contributed by atoms with Gasteiger partial charge in [-0.05, 0) is 31.2 Å². The lowest BCUT2D eigenvalue weighted by Gasteiger charge is -2.16. The highest BCUT2D eigenvalue weighted by Crippen LogP contribution is 2.25. The lowest BCUT2D eigenvalue weighted by molar-refractivity contribution is 0.218. The molecule has 3 nitrogen and oxygen atoms in total. The normalized spacial score (nSPS) is 12.2. The maximum absolute atomic E-state index is 13.5. The van der Waals surface area contributed by atoms with Crippen LogP contribution in [0.5, 0.6) is 5.75 Å². The van der Waals surface area contributed by atoms with Gasteiger partial charge >= 0.3 is 0 Å². The van der Waals surface area contributed by atoms with Crippen molar-refractivity contribution in [2.45, 2.75) is 19.6 Å². The Bertz CT molecular complexity index is 516. The maximum Gasteiger partial charge on any atom is 0.138 e. The fourth-order valence-corrected chi connectivity index (χ4v) is 1.71. The summed E-state index contributed by atoms with van der Waals surface area (Å²) < 4.78 is 19.2. The van der Waals surface area contributed by atoms with Crippen LogP contribution in [0.25, 0.3) is 0 Å². The minimum atomic E-state index is -0.344. The first-order valence-corrected chi connectivity index (χ1v) is 5.77. The van der Waals surface area contributed by atoms with Crippen LogP contribution < -0.4 is 10.5 Å². The molecule has 0 fully saturated rings. The molecule has 0 amide bonds. The van der Waals surface area contributed by atoms with E-state index in [-0.39, 0.29) is 18.5 Å². The molecule has 18 heavy (non-hydrogen) atoms. The molecule has 1 unspecified atom stereocenters. The molecule has 1 aromatic heterocycles. The molecule has 2 rings (SSSR count). The SMILES string of the molecule is CC(Oc1cccc(F)c1CN)c1ccccn1. The summed E-state index contributed by atoms with van der Waals surface area (Å²) in [6, 6.07) is 10.3. The van der Waals surface area contributed by atoms with Gasteiger partial charge in [0.1, 0.15) is 17.7 Å². The Hall–Kier alpha value is -1.94. The summed E-state index contributed by atoms with van der Waals surface area (Å²) in [7, 11) is 0. The van der Waals surface area contributed by atoms with E-state index >= 15 is 0 Å². The van der Waals surface area contributed by atoms with Crippen LogP contribution in [0.15, 0.2) is 42.6 Å². The molecule has 0 radical (unpaired) electrons. The lowest BCUT2D eigenvalue weighted by Crippen LogP contribution is -2.09. The van der Waals surface area contributed by atoms with Gasteiger partial charge in [0.05, 0.1) is 5.69 Å². The van der Waals surface area contributed by atoms with E-state index in [1.54, 1.807) is 18.3 Å². The molecule has 0 aliphatic rings. The Morgan fingerprint density at radius 2 is 2.11 bits per heavy atom. The highest BCUT2D eigenvalue weighted by Gasteiger charge is 2.13. The Morgan fingerprint density at radius 1 is 1.28 bits per heavy atom.